The molecule has 2 saturated heterocycles. The molecule has 0 bridgehead atoms. The number of piperidine rings is 1. The Morgan fingerprint density at radius 1 is 1.00 bits per heavy atom. The molecule has 0 aliphatic carbocycles. The third kappa shape index (κ3) is 5.28. The van der Waals surface area contributed by atoms with Crippen LogP contribution in [0.15, 0.2) is 44.5 Å². The van der Waals surface area contributed by atoms with Crippen LogP contribution < -0.4 is 0 Å². The molecule has 2 aliphatic rings. The summed E-state index contributed by atoms with van der Waals surface area (Å²) in [7, 11) is -3.53. The topological polar surface area (TPSA) is 117 Å². The van der Waals surface area contributed by atoms with Gasteiger partial charge in [0.1, 0.15) is 4.21 Å². The Labute approximate surface area is 195 Å². The van der Waals surface area contributed by atoms with E-state index in [0.717, 1.165) is 0 Å². The molecule has 10 nitrogen and oxygen atoms in total. The number of hydrogen-bond donors (Lipinski definition) is 0. The summed E-state index contributed by atoms with van der Waals surface area (Å²) in [6.45, 7) is 1.55. The summed E-state index contributed by atoms with van der Waals surface area (Å²) in [5.41, 5.74) is 0. The van der Waals surface area contributed by atoms with E-state index in [1.807, 2.05) is 0 Å². The van der Waals surface area contributed by atoms with Crippen molar-refractivity contribution in [3.8, 4) is 0 Å². The number of sulfonamides is 1. The van der Waals surface area contributed by atoms with E-state index in [1.54, 1.807) is 39.4 Å². The van der Waals surface area contributed by atoms with Crippen molar-refractivity contribution in [3.05, 3.63) is 41.7 Å². The van der Waals surface area contributed by atoms with Gasteiger partial charge in [0.15, 0.2) is 12.4 Å². The van der Waals surface area contributed by atoms with Gasteiger partial charge in [-0.3, -0.25) is 14.4 Å². The molecule has 0 N–H and O–H groups in total. The number of hydrogen-bond acceptors (Lipinski definition) is 8. The second-order valence-electron chi connectivity index (χ2n) is 7.87. The number of thiophene rings is 1. The van der Waals surface area contributed by atoms with Crippen LogP contribution in [0.1, 0.15) is 23.4 Å². The van der Waals surface area contributed by atoms with Crippen LogP contribution in [-0.2, 0) is 24.3 Å². The molecular weight excluding hydrogens is 470 g/mol. The summed E-state index contributed by atoms with van der Waals surface area (Å²) in [5.74, 6) is -1.19. The number of esters is 1. The van der Waals surface area contributed by atoms with Crippen LogP contribution in [-0.4, -0.2) is 86.2 Å². The molecule has 2 fully saturated rings. The minimum atomic E-state index is -3.53. The van der Waals surface area contributed by atoms with Gasteiger partial charge in [0.2, 0.25) is 0 Å². The summed E-state index contributed by atoms with van der Waals surface area (Å²) in [5, 5.41) is 1.71. The monoisotopic (exact) mass is 495 g/mol. The third-order valence-electron chi connectivity index (χ3n) is 5.87. The summed E-state index contributed by atoms with van der Waals surface area (Å²) in [6.07, 6.45) is 2.14. The first kappa shape index (κ1) is 23.5. The highest BCUT2D eigenvalue weighted by molar-refractivity contribution is 7.91. The maximum atomic E-state index is 12.6. The van der Waals surface area contributed by atoms with Crippen molar-refractivity contribution < 1.29 is 32.0 Å². The standard InChI is InChI=1S/C21H25N3O7S2/c25-18(22-9-11-23(12-10-22)20(26)17-3-1-13-30-17)15-31-21(27)16-5-7-24(8-6-16)33(28,29)19-4-2-14-32-19/h1-4,13-14,16H,5-12,15H2. The van der Waals surface area contributed by atoms with Gasteiger partial charge in [-0.15, -0.1) is 11.3 Å². The molecule has 0 atom stereocenters. The Bertz CT molecular complexity index is 1070. The Balaban J connectivity index is 1.19. The minimum absolute atomic E-state index is 0.217. The number of furan rings is 1. The summed E-state index contributed by atoms with van der Waals surface area (Å²) < 4.78 is 37.2. The van der Waals surface area contributed by atoms with Crippen LogP contribution in [0.25, 0.3) is 0 Å². The number of nitrogens with zero attached hydrogens (tertiary/aromatic N) is 3. The van der Waals surface area contributed by atoms with Crippen molar-refractivity contribution >= 4 is 39.1 Å². The lowest BCUT2D eigenvalue weighted by atomic mass is 9.98. The van der Waals surface area contributed by atoms with Gasteiger partial charge < -0.3 is 19.0 Å². The van der Waals surface area contributed by atoms with Crippen LogP contribution in [0, 0.1) is 5.92 Å². The number of carbonyl (C=O) groups excluding carboxylic acids is 3. The highest BCUT2D eigenvalue weighted by Gasteiger charge is 2.34. The third-order valence-corrected chi connectivity index (χ3v) is 9.14. The zero-order valence-corrected chi connectivity index (χ0v) is 19.6. The average molecular weight is 496 g/mol. The maximum absolute atomic E-state index is 12.6. The molecule has 0 aromatic carbocycles. The highest BCUT2D eigenvalue weighted by atomic mass is 32.2. The molecule has 12 heteroatoms. The van der Waals surface area contributed by atoms with Gasteiger partial charge in [-0.05, 0) is 36.4 Å². The van der Waals surface area contributed by atoms with Crippen molar-refractivity contribution in [2.45, 2.75) is 17.1 Å². The molecule has 2 aromatic rings. The number of amides is 2. The number of ether oxygens (including phenoxy) is 1. The quantitative estimate of drug-likeness (QED) is 0.554. The SMILES string of the molecule is O=C(OCC(=O)N1CCN(C(=O)c2ccco2)CC1)C1CCN(S(=O)(=O)c2cccs2)CC1. The molecular formula is C21H25N3O7S2. The van der Waals surface area contributed by atoms with Gasteiger partial charge in [-0.25, -0.2) is 8.42 Å². The second-order valence-corrected chi connectivity index (χ2v) is 11.0. The molecule has 2 aromatic heterocycles. The predicted molar refractivity (Wildman–Crippen MR) is 118 cm³/mol. The molecule has 2 amide bonds. The molecule has 4 heterocycles. The normalized spacial score (nSPS) is 18.3. The zero-order chi connectivity index (χ0) is 23.4. The first-order valence-electron chi connectivity index (χ1n) is 10.7. The van der Waals surface area contributed by atoms with Gasteiger partial charge in [-0.1, -0.05) is 6.07 Å². The maximum Gasteiger partial charge on any atom is 0.309 e. The smallest absolute Gasteiger partial charge is 0.309 e. The first-order chi connectivity index (χ1) is 15.9. The predicted octanol–water partition coefficient (Wildman–Crippen LogP) is 1.27. The van der Waals surface area contributed by atoms with Gasteiger partial charge >= 0.3 is 5.97 Å². The molecule has 178 valence electrons. The van der Waals surface area contributed by atoms with Crippen LogP contribution in [0.3, 0.4) is 0 Å². The van der Waals surface area contributed by atoms with Gasteiger partial charge in [0.05, 0.1) is 12.2 Å². The summed E-state index contributed by atoms with van der Waals surface area (Å²) in [6, 6.07) is 6.50. The van der Waals surface area contributed by atoms with E-state index in [0.29, 0.717) is 43.2 Å². The molecule has 0 radical (unpaired) electrons. The van der Waals surface area contributed by atoms with E-state index in [2.05, 4.69) is 0 Å². The molecule has 0 spiro atoms. The summed E-state index contributed by atoms with van der Waals surface area (Å²) in [4.78, 5) is 40.3. The van der Waals surface area contributed by atoms with Crippen LogP contribution in [0.4, 0.5) is 0 Å². The highest BCUT2D eigenvalue weighted by Crippen LogP contribution is 2.26. The minimum Gasteiger partial charge on any atom is -0.459 e. The average Bonchev–Trinajstić information content (AvgIpc) is 3.57. The molecule has 33 heavy (non-hydrogen) atoms. The Kier molecular flexibility index (Phi) is 7.15. The Morgan fingerprint density at radius 3 is 2.30 bits per heavy atom. The van der Waals surface area contributed by atoms with E-state index in [1.165, 1.54) is 21.9 Å². The van der Waals surface area contributed by atoms with Crippen molar-refractivity contribution in [2.24, 2.45) is 5.92 Å². The van der Waals surface area contributed by atoms with Crippen molar-refractivity contribution in [1.82, 2.24) is 14.1 Å². The van der Waals surface area contributed by atoms with Crippen molar-refractivity contribution in [3.63, 3.8) is 0 Å². The molecule has 2 aliphatic heterocycles. The Hall–Kier alpha value is -2.70. The van der Waals surface area contributed by atoms with E-state index in [-0.39, 0.29) is 37.3 Å². The van der Waals surface area contributed by atoms with Gasteiger partial charge in [0, 0.05) is 39.3 Å². The molecule has 0 unspecified atom stereocenters. The van der Waals surface area contributed by atoms with Crippen LogP contribution in [0.2, 0.25) is 0 Å². The second kappa shape index (κ2) is 10.1. The number of carbonyl (C=O) groups is 3. The lowest BCUT2D eigenvalue weighted by Gasteiger charge is -2.34. The number of rotatable bonds is 6. The summed E-state index contributed by atoms with van der Waals surface area (Å²) >= 11 is 1.17. The van der Waals surface area contributed by atoms with E-state index in [9.17, 15) is 22.8 Å². The van der Waals surface area contributed by atoms with E-state index in [4.69, 9.17) is 9.15 Å². The van der Waals surface area contributed by atoms with E-state index < -0.39 is 21.9 Å². The van der Waals surface area contributed by atoms with Gasteiger partial charge in [-0.2, -0.15) is 4.31 Å². The lowest BCUT2D eigenvalue weighted by molar-refractivity contribution is -0.157. The fraction of sp³-hybridized carbons (Fsp3) is 0.476. The van der Waals surface area contributed by atoms with E-state index >= 15 is 0 Å². The van der Waals surface area contributed by atoms with Crippen LogP contribution in [0.5, 0.6) is 0 Å². The van der Waals surface area contributed by atoms with Crippen molar-refractivity contribution in [2.75, 3.05) is 45.9 Å². The number of piperazine rings is 1. The molecule has 0 saturated carbocycles. The fourth-order valence-electron chi connectivity index (χ4n) is 3.93. The first-order valence-corrected chi connectivity index (χ1v) is 13.0. The lowest BCUT2D eigenvalue weighted by Crippen LogP contribution is -2.51. The fourth-order valence-corrected chi connectivity index (χ4v) is 6.54. The van der Waals surface area contributed by atoms with Gasteiger partial charge in [0.25, 0.3) is 21.8 Å². The largest absolute Gasteiger partial charge is 0.459 e. The van der Waals surface area contributed by atoms with Crippen LogP contribution >= 0.6 is 11.3 Å². The molecule has 4 rings (SSSR count). The zero-order valence-electron chi connectivity index (χ0n) is 17.9. The van der Waals surface area contributed by atoms with Crippen molar-refractivity contribution in [1.29, 1.82) is 0 Å². The Morgan fingerprint density at radius 2 is 1.70 bits per heavy atom.